The second kappa shape index (κ2) is 3.00. The van der Waals surface area contributed by atoms with Crippen molar-refractivity contribution < 1.29 is 19.3 Å². The maximum Gasteiger partial charge on any atom is 0.412 e. The maximum atomic E-state index is 12.0. The summed E-state index contributed by atoms with van der Waals surface area (Å²) in [7, 11) is -0.740. The van der Waals surface area contributed by atoms with Crippen LogP contribution < -0.4 is 0 Å². The largest absolute Gasteiger partial charge is 0.432 e. The zero-order valence-corrected chi connectivity index (χ0v) is 9.71. The molecule has 1 saturated carbocycles. The Morgan fingerprint density at radius 2 is 2.06 bits per heavy atom. The predicted molar refractivity (Wildman–Crippen MR) is 56.4 cm³/mol. The lowest BCUT2D eigenvalue weighted by Crippen LogP contribution is -2.55. The van der Waals surface area contributed by atoms with Crippen molar-refractivity contribution in [2.45, 2.75) is 51.1 Å². The second-order valence-electron chi connectivity index (χ2n) is 5.35. The summed E-state index contributed by atoms with van der Waals surface area (Å²) >= 11 is 0. The molecule has 2 heterocycles. The van der Waals surface area contributed by atoms with Crippen molar-refractivity contribution in [3.05, 3.63) is 0 Å². The van der Waals surface area contributed by atoms with Crippen molar-refractivity contribution in [2.75, 3.05) is 0 Å². The fourth-order valence-corrected chi connectivity index (χ4v) is 3.28. The fourth-order valence-electron chi connectivity index (χ4n) is 3.28. The van der Waals surface area contributed by atoms with Gasteiger partial charge in [0, 0.05) is 0 Å². The molecule has 0 aromatic carbocycles. The van der Waals surface area contributed by atoms with Crippen LogP contribution in [-0.4, -0.2) is 46.8 Å². The lowest BCUT2D eigenvalue weighted by Gasteiger charge is -2.33. The maximum absolute atomic E-state index is 12.0. The standard InChI is InChI=1S/C10H16BNO4/c1-10(2)15-7-5-4-6(8(7)16-10)12(9(5)13)11(3)14/h5-8,14H,4H2,1-3H3. The Kier molecular flexibility index (Phi) is 1.98. The summed E-state index contributed by atoms with van der Waals surface area (Å²) in [6.45, 7) is 5.35. The number of fused-ring (bicyclic) bond motifs is 5. The van der Waals surface area contributed by atoms with Crippen LogP contribution in [0.2, 0.25) is 6.82 Å². The monoisotopic (exact) mass is 225 g/mol. The van der Waals surface area contributed by atoms with Crippen molar-refractivity contribution in [1.29, 1.82) is 0 Å². The highest BCUT2D eigenvalue weighted by molar-refractivity contribution is 6.49. The lowest BCUT2D eigenvalue weighted by atomic mass is 9.81. The molecule has 6 heteroatoms. The van der Waals surface area contributed by atoms with Gasteiger partial charge in [0.15, 0.2) is 5.79 Å². The van der Waals surface area contributed by atoms with E-state index in [2.05, 4.69) is 0 Å². The number of amides is 1. The van der Waals surface area contributed by atoms with Gasteiger partial charge in [-0.2, -0.15) is 0 Å². The first-order valence-electron chi connectivity index (χ1n) is 5.76. The normalized spacial score (nSPS) is 44.0. The van der Waals surface area contributed by atoms with E-state index < -0.39 is 12.8 Å². The van der Waals surface area contributed by atoms with Gasteiger partial charge in [-0.15, -0.1) is 0 Å². The summed E-state index contributed by atoms with van der Waals surface area (Å²) in [6, 6.07) is -0.0238. The molecule has 2 saturated heterocycles. The minimum atomic E-state index is -0.740. The molecular formula is C10H16BNO4. The van der Waals surface area contributed by atoms with Gasteiger partial charge in [-0.05, 0) is 27.1 Å². The minimum absolute atomic E-state index is 0.00236. The summed E-state index contributed by atoms with van der Waals surface area (Å²) in [5.41, 5.74) is 0. The van der Waals surface area contributed by atoms with Gasteiger partial charge in [0.2, 0.25) is 5.91 Å². The van der Waals surface area contributed by atoms with Crippen LogP contribution in [0.25, 0.3) is 0 Å². The predicted octanol–water partition coefficient (Wildman–Crippen LogP) is -0.153. The summed E-state index contributed by atoms with van der Waals surface area (Å²) in [4.78, 5) is 13.5. The van der Waals surface area contributed by atoms with E-state index in [-0.39, 0.29) is 30.1 Å². The van der Waals surface area contributed by atoms with Crippen molar-refractivity contribution in [1.82, 2.24) is 4.81 Å². The van der Waals surface area contributed by atoms with Crippen LogP contribution in [0.5, 0.6) is 0 Å². The third-order valence-corrected chi connectivity index (χ3v) is 3.77. The summed E-state index contributed by atoms with van der Waals surface area (Å²) in [5.74, 6) is -0.741. The molecule has 3 fully saturated rings. The van der Waals surface area contributed by atoms with E-state index in [0.717, 1.165) is 6.42 Å². The van der Waals surface area contributed by atoms with Crippen LogP contribution in [0.4, 0.5) is 0 Å². The van der Waals surface area contributed by atoms with Gasteiger partial charge in [0.05, 0.1) is 12.0 Å². The summed E-state index contributed by atoms with van der Waals surface area (Å²) in [6.07, 6.45) is 0.546. The van der Waals surface area contributed by atoms with Gasteiger partial charge < -0.3 is 19.3 Å². The first kappa shape index (κ1) is 10.6. The Bertz CT molecular complexity index is 346. The van der Waals surface area contributed by atoms with Crippen molar-refractivity contribution in [3.8, 4) is 0 Å². The Hall–Kier alpha value is -0.585. The van der Waals surface area contributed by atoms with Gasteiger partial charge in [0.25, 0.3) is 0 Å². The molecule has 0 aromatic heterocycles. The Labute approximate surface area is 94.8 Å². The molecule has 16 heavy (non-hydrogen) atoms. The fraction of sp³-hybridized carbons (Fsp3) is 0.900. The molecule has 0 radical (unpaired) electrons. The van der Waals surface area contributed by atoms with Gasteiger partial charge in [-0.1, -0.05) is 0 Å². The van der Waals surface area contributed by atoms with Gasteiger partial charge in [-0.3, -0.25) is 4.79 Å². The SMILES string of the molecule is CB(O)N1C(=O)C2CC1C1OC(C)(C)OC21. The molecule has 0 aromatic rings. The highest BCUT2D eigenvalue weighted by atomic mass is 16.8. The Morgan fingerprint density at radius 1 is 1.44 bits per heavy atom. The minimum Gasteiger partial charge on any atom is -0.432 e. The summed E-state index contributed by atoms with van der Waals surface area (Å²) < 4.78 is 11.6. The number of nitrogens with zero attached hydrogens (tertiary/aromatic N) is 1. The molecule has 1 aliphatic carbocycles. The highest BCUT2D eigenvalue weighted by Gasteiger charge is 2.64. The molecule has 2 bridgehead atoms. The van der Waals surface area contributed by atoms with E-state index in [0.29, 0.717) is 0 Å². The Balaban J connectivity index is 1.89. The van der Waals surface area contributed by atoms with E-state index in [1.54, 1.807) is 6.82 Å². The first-order valence-corrected chi connectivity index (χ1v) is 5.76. The molecule has 4 unspecified atom stereocenters. The number of ether oxygens (including phenoxy) is 2. The number of carbonyl (C=O) groups excluding carboxylic acids is 1. The number of hydrogen-bond acceptors (Lipinski definition) is 4. The topological polar surface area (TPSA) is 59.0 Å². The number of piperidine rings is 1. The molecule has 0 spiro atoms. The second-order valence-corrected chi connectivity index (χ2v) is 5.35. The number of rotatable bonds is 1. The molecule has 3 aliphatic rings. The molecule has 2 aliphatic heterocycles. The van der Waals surface area contributed by atoms with Gasteiger partial charge in [0.1, 0.15) is 12.2 Å². The molecule has 5 nitrogen and oxygen atoms in total. The number of hydrogen-bond donors (Lipinski definition) is 1. The highest BCUT2D eigenvalue weighted by Crippen LogP contribution is 2.48. The quantitative estimate of drug-likeness (QED) is 0.630. The average molecular weight is 225 g/mol. The van der Waals surface area contributed by atoms with Crippen LogP contribution in [0.1, 0.15) is 20.3 Å². The van der Waals surface area contributed by atoms with E-state index >= 15 is 0 Å². The van der Waals surface area contributed by atoms with E-state index in [9.17, 15) is 9.82 Å². The third kappa shape index (κ3) is 1.21. The van der Waals surface area contributed by atoms with Crippen molar-refractivity contribution in [2.24, 2.45) is 5.92 Å². The molecular weight excluding hydrogens is 209 g/mol. The van der Waals surface area contributed by atoms with Crippen LogP contribution in [0.3, 0.4) is 0 Å². The van der Waals surface area contributed by atoms with E-state index in [1.807, 2.05) is 13.8 Å². The van der Waals surface area contributed by atoms with Crippen LogP contribution in [0, 0.1) is 5.92 Å². The molecule has 1 N–H and O–H groups in total. The van der Waals surface area contributed by atoms with E-state index in [1.165, 1.54) is 4.81 Å². The molecule has 1 amide bonds. The molecule has 88 valence electrons. The van der Waals surface area contributed by atoms with Gasteiger partial charge >= 0.3 is 7.05 Å². The number of carbonyl (C=O) groups is 1. The molecule has 3 rings (SSSR count). The average Bonchev–Trinajstić information content (AvgIpc) is 2.70. The zero-order valence-electron chi connectivity index (χ0n) is 9.71. The zero-order chi connectivity index (χ0) is 11.7. The van der Waals surface area contributed by atoms with Crippen LogP contribution >= 0.6 is 0 Å². The smallest absolute Gasteiger partial charge is 0.412 e. The van der Waals surface area contributed by atoms with Gasteiger partial charge in [-0.25, -0.2) is 0 Å². The van der Waals surface area contributed by atoms with Crippen molar-refractivity contribution in [3.63, 3.8) is 0 Å². The van der Waals surface area contributed by atoms with Crippen LogP contribution in [0.15, 0.2) is 0 Å². The molecule has 4 atom stereocenters. The third-order valence-electron chi connectivity index (χ3n) is 3.77. The van der Waals surface area contributed by atoms with Crippen molar-refractivity contribution >= 4 is 13.0 Å². The lowest BCUT2D eigenvalue weighted by molar-refractivity contribution is -0.155. The van der Waals surface area contributed by atoms with Crippen LogP contribution in [-0.2, 0) is 14.3 Å². The summed E-state index contributed by atoms with van der Waals surface area (Å²) in [5, 5.41) is 9.60. The Morgan fingerprint density at radius 3 is 2.69 bits per heavy atom. The first-order chi connectivity index (χ1) is 7.41. The van der Waals surface area contributed by atoms with E-state index in [4.69, 9.17) is 9.47 Å².